The molecule has 0 radical (unpaired) electrons. The number of hydrogen-bond acceptors (Lipinski definition) is 6. The summed E-state index contributed by atoms with van der Waals surface area (Å²) in [6, 6.07) is 6.23. The van der Waals surface area contributed by atoms with E-state index < -0.39 is 11.7 Å². The summed E-state index contributed by atoms with van der Waals surface area (Å²) in [6.07, 6.45) is -0.00624. The van der Waals surface area contributed by atoms with Crippen LogP contribution in [0.4, 0.5) is 9.18 Å². The molecule has 1 aromatic carbocycles. The molecule has 138 valence electrons. The molecule has 0 spiro atoms. The maximum absolute atomic E-state index is 13.1. The number of amides is 1. The normalized spacial score (nSPS) is 13.8. The van der Waals surface area contributed by atoms with Crippen molar-refractivity contribution in [2.24, 2.45) is 5.10 Å². The second kappa shape index (κ2) is 7.45. The Hall–Kier alpha value is -2.42. The van der Waals surface area contributed by atoms with Gasteiger partial charge in [-0.25, -0.2) is 9.18 Å². The molecule has 1 amide bonds. The number of aromatic nitrogens is 3. The number of ether oxygens (including phenoxy) is 1. The summed E-state index contributed by atoms with van der Waals surface area (Å²) in [7, 11) is 0. The van der Waals surface area contributed by atoms with Gasteiger partial charge in [0.05, 0.1) is 5.71 Å². The highest BCUT2D eigenvalue weighted by molar-refractivity contribution is 7.99. The van der Waals surface area contributed by atoms with Gasteiger partial charge >= 0.3 is 6.09 Å². The van der Waals surface area contributed by atoms with Crippen molar-refractivity contribution in [2.45, 2.75) is 37.9 Å². The molecule has 0 saturated heterocycles. The van der Waals surface area contributed by atoms with Crippen LogP contribution in [0.15, 0.2) is 34.5 Å². The van der Waals surface area contributed by atoms with Gasteiger partial charge in [0.2, 0.25) is 5.16 Å². The molecule has 2 aromatic rings. The van der Waals surface area contributed by atoms with E-state index in [0.717, 1.165) is 11.3 Å². The zero-order chi connectivity index (χ0) is 18.7. The topological polar surface area (TPSA) is 81.4 Å². The van der Waals surface area contributed by atoms with Crippen LogP contribution in [0.5, 0.6) is 0 Å². The zero-order valence-electron chi connectivity index (χ0n) is 14.8. The minimum absolute atomic E-state index is 0.281. The number of halogens is 1. The van der Waals surface area contributed by atoms with Crippen molar-refractivity contribution in [1.82, 2.24) is 20.2 Å². The van der Waals surface area contributed by atoms with Crippen LogP contribution >= 0.6 is 11.8 Å². The van der Waals surface area contributed by atoms with Crippen LogP contribution in [-0.2, 0) is 11.2 Å². The summed E-state index contributed by atoms with van der Waals surface area (Å²) < 4.78 is 20.0. The van der Waals surface area contributed by atoms with Crippen LogP contribution < -0.4 is 5.32 Å². The predicted octanol–water partition coefficient (Wildman–Crippen LogP) is 2.84. The summed E-state index contributed by atoms with van der Waals surface area (Å²) in [5.41, 5.74) is 1.14. The standard InChI is InChI=1S/C17H20FN5O2S/c1-17(2,3)25-16(24)19-9-8-14-20-21-15-23(14)22-13(10-26-15)11-4-6-12(18)7-5-11/h4-7H,8-10H2,1-3H3,(H,19,24). The zero-order valence-corrected chi connectivity index (χ0v) is 15.6. The molecule has 9 heteroatoms. The first kappa shape index (κ1) is 18.4. The third-order valence-corrected chi connectivity index (χ3v) is 4.36. The molecule has 0 aliphatic carbocycles. The second-order valence-electron chi connectivity index (χ2n) is 6.73. The van der Waals surface area contributed by atoms with E-state index in [1.165, 1.54) is 23.9 Å². The Bertz CT molecular complexity index is 827. The monoisotopic (exact) mass is 377 g/mol. The quantitative estimate of drug-likeness (QED) is 0.886. The van der Waals surface area contributed by atoms with Crippen molar-refractivity contribution >= 4 is 23.6 Å². The SMILES string of the molecule is CC(C)(C)OC(=O)NCCc1nnc2n1N=C(c1ccc(F)cc1)CS2. The molecule has 0 fully saturated rings. The van der Waals surface area contributed by atoms with Crippen LogP contribution in [0.2, 0.25) is 0 Å². The predicted molar refractivity (Wildman–Crippen MR) is 97.0 cm³/mol. The fraction of sp³-hybridized carbons (Fsp3) is 0.412. The molecular formula is C17H20FN5O2S. The van der Waals surface area contributed by atoms with E-state index in [9.17, 15) is 9.18 Å². The number of thioether (sulfide) groups is 1. The van der Waals surface area contributed by atoms with E-state index in [1.807, 2.05) is 20.8 Å². The molecular weight excluding hydrogens is 357 g/mol. The molecule has 26 heavy (non-hydrogen) atoms. The summed E-state index contributed by atoms with van der Waals surface area (Å²) in [5.74, 6) is 1.000. The van der Waals surface area contributed by atoms with Gasteiger partial charge in [0.1, 0.15) is 11.4 Å². The molecule has 0 saturated carbocycles. The van der Waals surface area contributed by atoms with E-state index in [0.29, 0.717) is 29.7 Å². The average molecular weight is 377 g/mol. The van der Waals surface area contributed by atoms with E-state index in [4.69, 9.17) is 4.74 Å². The first-order valence-corrected chi connectivity index (χ1v) is 9.18. The number of carbonyl (C=O) groups excluding carboxylic acids is 1. The lowest BCUT2D eigenvalue weighted by Crippen LogP contribution is -2.33. The highest BCUT2D eigenvalue weighted by atomic mass is 32.2. The third-order valence-electron chi connectivity index (χ3n) is 3.43. The number of benzene rings is 1. The number of nitrogens with zero attached hydrogens (tertiary/aromatic N) is 4. The van der Waals surface area contributed by atoms with Crippen LogP contribution in [0.25, 0.3) is 0 Å². The Morgan fingerprint density at radius 2 is 2.04 bits per heavy atom. The molecule has 0 unspecified atom stereocenters. The Morgan fingerprint density at radius 1 is 1.31 bits per heavy atom. The largest absolute Gasteiger partial charge is 0.444 e. The lowest BCUT2D eigenvalue weighted by atomic mass is 10.1. The van der Waals surface area contributed by atoms with Crippen LogP contribution in [-0.4, -0.2) is 44.6 Å². The second-order valence-corrected chi connectivity index (χ2v) is 7.67. The molecule has 7 nitrogen and oxygen atoms in total. The van der Waals surface area contributed by atoms with Gasteiger partial charge in [-0.2, -0.15) is 9.78 Å². The van der Waals surface area contributed by atoms with Gasteiger partial charge in [-0.3, -0.25) is 0 Å². The van der Waals surface area contributed by atoms with Gasteiger partial charge < -0.3 is 10.1 Å². The molecule has 1 aliphatic heterocycles. The molecule has 0 bridgehead atoms. The van der Waals surface area contributed by atoms with E-state index in [-0.39, 0.29) is 5.82 Å². The van der Waals surface area contributed by atoms with Crippen molar-refractivity contribution in [2.75, 3.05) is 12.3 Å². The molecule has 3 rings (SSSR count). The fourth-order valence-corrected chi connectivity index (χ4v) is 3.16. The summed E-state index contributed by atoms with van der Waals surface area (Å²) in [4.78, 5) is 11.7. The fourth-order valence-electron chi connectivity index (χ4n) is 2.30. The summed E-state index contributed by atoms with van der Waals surface area (Å²) >= 11 is 1.52. The number of nitrogens with one attached hydrogen (secondary N) is 1. The van der Waals surface area contributed by atoms with Crippen molar-refractivity contribution in [1.29, 1.82) is 0 Å². The summed E-state index contributed by atoms with van der Waals surface area (Å²) in [5, 5.41) is 16.2. The van der Waals surface area contributed by atoms with Crippen LogP contribution in [0, 0.1) is 5.82 Å². The first-order chi connectivity index (χ1) is 12.3. The molecule has 2 heterocycles. The lowest BCUT2D eigenvalue weighted by molar-refractivity contribution is 0.0528. The van der Waals surface area contributed by atoms with Crippen molar-refractivity contribution in [3.05, 3.63) is 41.5 Å². The van der Waals surface area contributed by atoms with Crippen LogP contribution in [0.3, 0.4) is 0 Å². The number of fused-ring (bicyclic) bond motifs is 1. The number of alkyl carbamates (subject to hydrolysis) is 1. The summed E-state index contributed by atoms with van der Waals surface area (Å²) in [6.45, 7) is 5.79. The Balaban J connectivity index is 1.67. The molecule has 1 aliphatic rings. The van der Waals surface area contributed by atoms with Gasteiger partial charge in [0.15, 0.2) is 5.82 Å². The third kappa shape index (κ3) is 4.60. The Kier molecular flexibility index (Phi) is 5.26. The van der Waals surface area contributed by atoms with Gasteiger partial charge in [-0.15, -0.1) is 10.2 Å². The van der Waals surface area contributed by atoms with E-state index >= 15 is 0 Å². The molecule has 1 N–H and O–H groups in total. The number of hydrogen-bond donors (Lipinski definition) is 1. The highest BCUT2D eigenvalue weighted by Gasteiger charge is 2.20. The molecule has 1 aromatic heterocycles. The van der Waals surface area contributed by atoms with E-state index in [1.54, 1.807) is 16.8 Å². The van der Waals surface area contributed by atoms with Crippen LogP contribution in [0.1, 0.15) is 32.2 Å². The first-order valence-electron chi connectivity index (χ1n) is 8.19. The minimum Gasteiger partial charge on any atom is -0.444 e. The van der Waals surface area contributed by atoms with Gasteiger partial charge in [-0.1, -0.05) is 23.9 Å². The number of carbonyl (C=O) groups is 1. The van der Waals surface area contributed by atoms with Crippen molar-refractivity contribution in [3.63, 3.8) is 0 Å². The average Bonchev–Trinajstić information content (AvgIpc) is 2.96. The Morgan fingerprint density at radius 3 is 2.73 bits per heavy atom. The number of rotatable bonds is 4. The maximum Gasteiger partial charge on any atom is 0.407 e. The maximum atomic E-state index is 13.1. The molecule has 0 atom stereocenters. The van der Waals surface area contributed by atoms with Crippen molar-refractivity contribution in [3.8, 4) is 0 Å². The van der Waals surface area contributed by atoms with Gasteiger partial charge in [-0.05, 0) is 38.5 Å². The minimum atomic E-state index is -0.539. The lowest BCUT2D eigenvalue weighted by Gasteiger charge is -2.19. The van der Waals surface area contributed by atoms with Gasteiger partial charge in [0, 0.05) is 18.7 Å². The van der Waals surface area contributed by atoms with E-state index in [2.05, 4.69) is 20.6 Å². The van der Waals surface area contributed by atoms with Gasteiger partial charge in [0.25, 0.3) is 0 Å². The highest BCUT2D eigenvalue weighted by Crippen LogP contribution is 2.24. The Labute approximate surface area is 155 Å². The van der Waals surface area contributed by atoms with Crippen molar-refractivity contribution < 1.29 is 13.9 Å². The smallest absolute Gasteiger partial charge is 0.407 e.